The van der Waals surface area contributed by atoms with Crippen LogP contribution in [0.25, 0.3) is 0 Å². The molecule has 2 rings (SSSR count). The van der Waals surface area contributed by atoms with E-state index in [0.717, 1.165) is 45.2 Å². The highest BCUT2D eigenvalue weighted by atomic mass is 16.6. The zero-order chi connectivity index (χ0) is 17.6. The van der Waals surface area contributed by atoms with E-state index in [-0.39, 0.29) is 6.09 Å². The third-order valence-corrected chi connectivity index (χ3v) is 5.16. The highest BCUT2D eigenvalue weighted by molar-refractivity contribution is 5.68. The van der Waals surface area contributed by atoms with Gasteiger partial charge in [0.05, 0.1) is 0 Å². The standard InChI is InChI=1S/C19H37N3O2/c1-5-20-17(16-9-7-6-8-10-16)15-21-11-13-22(14-12-21)18(23)24-19(2,3)4/h16-17,20H,5-15H2,1-4H3. The van der Waals surface area contributed by atoms with Crippen molar-refractivity contribution >= 4 is 6.09 Å². The van der Waals surface area contributed by atoms with Crippen molar-refractivity contribution in [3.8, 4) is 0 Å². The number of carbonyl (C=O) groups is 1. The molecular weight excluding hydrogens is 302 g/mol. The SMILES string of the molecule is CCNC(CN1CCN(C(=O)OC(C)(C)C)CC1)C1CCCCC1. The van der Waals surface area contributed by atoms with Crippen molar-refractivity contribution in [1.29, 1.82) is 0 Å². The molecule has 5 nitrogen and oxygen atoms in total. The number of piperazine rings is 1. The fourth-order valence-corrected chi connectivity index (χ4v) is 3.90. The molecule has 1 amide bonds. The Morgan fingerprint density at radius 1 is 1.12 bits per heavy atom. The van der Waals surface area contributed by atoms with Crippen LogP contribution in [0, 0.1) is 5.92 Å². The van der Waals surface area contributed by atoms with Crippen molar-refractivity contribution in [2.24, 2.45) is 5.92 Å². The van der Waals surface area contributed by atoms with Crippen LogP contribution in [0.1, 0.15) is 59.8 Å². The minimum atomic E-state index is -0.411. The van der Waals surface area contributed by atoms with Crippen molar-refractivity contribution in [2.45, 2.75) is 71.4 Å². The predicted octanol–water partition coefficient (Wildman–Crippen LogP) is 3.10. The van der Waals surface area contributed by atoms with Crippen LogP contribution in [0.2, 0.25) is 0 Å². The van der Waals surface area contributed by atoms with Crippen LogP contribution in [-0.2, 0) is 4.74 Å². The molecule has 140 valence electrons. The van der Waals surface area contributed by atoms with Gasteiger partial charge in [0, 0.05) is 38.8 Å². The summed E-state index contributed by atoms with van der Waals surface area (Å²) in [6.45, 7) is 13.6. The second-order valence-corrected chi connectivity index (χ2v) is 8.33. The topological polar surface area (TPSA) is 44.8 Å². The number of amides is 1. The molecule has 2 fully saturated rings. The Bertz CT molecular complexity index is 381. The summed E-state index contributed by atoms with van der Waals surface area (Å²) in [5.74, 6) is 0.822. The maximum absolute atomic E-state index is 12.2. The van der Waals surface area contributed by atoms with Gasteiger partial charge in [-0.3, -0.25) is 4.90 Å². The lowest BCUT2D eigenvalue weighted by Crippen LogP contribution is -2.54. The summed E-state index contributed by atoms with van der Waals surface area (Å²) in [6, 6.07) is 0.600. The van der Waals surface area contributed by atoms with E-state index in [1.165, 1.54) is 32.1 Å². The Kier molecular flexibility index (Phi) is 7.35. The fourth-order valence-electron chi connectivity index (χ4n) is 3.90. The highest BCUT2D eigenvalue weighted by Crippen LogP contribution is 2.27. The number of hydrogen-bond acceptors (Lipinski definition) is 4. The van der Waals surface area contributed by atoms with Gasteiger partial charge in [0.2, 0.25) is 0 Å². The van der Waals surface area contributed by atoms with Crippen molar-refractivity contribution in [3.63, 3.8) is 0 Å². The number of ether oxygens (including phenoxy) is 1. The number of carbonyl (C=O) groups excluding carboxylic acids is 1. The van der Waals surface area contributed by atoms with Crippen LogP contribution in [0.3, 0.4) is 0 Å². The zero-order valence-electron chi connectivity index (χ0n) is 16.1. The van der Waals surface area contributed by atoms with Gasteiger partial charge in [-0.1, -0.05) is 26.2 Å². The second-order valence-electron chi connectivity index (χ2n) is 8.33. The van der Waals surface area contributed by atoms with Gasteiger partial charge in [-0.05, 0) is 46.1 Å². The van der Waals surface area contributed by atoms with E-state index in [4.69, 9.17) is 4.74 Å². The summed E-state index contributed by atoms with van der Waals surface area (Å²) in [6.07, 6.45) is 6.75. The molecule has 1 N–H and O–H groups in total. The molecule has 0 aromatic carbocycles. The van der Waals surface area contributed by atoms with Crippen LogP contribution < -0.4 is 5.32 Å². The first-order chi connectivity index (χ1) is 11.4. The number of hydrogen-bond donors (Lipinski definition) is 1. The second kappa shape index (κ2) is 9.04. The first-order valence-electron chi connectivity index (χ1n) is 9.82. The van der Waals surface area contributed by atoms with Gasteiger partial charge in [-0.15, -0.1) is 0 Å². The molecular formula is C19H37N3O2. The summed E-state index contributed by atoms with van der Waals surface area (Å²) >= 11 is 0. The predicted molar refractivity (Wildman–Crippen MR) is 98.3 cm³/mol. The van der Waals surface area contributed by atoms with Crippen LogP contribution in [0.5, 0.6) is 0 Å². The monoisotopic (exact) mass is 339 g/mol. The molecule has 1 unspecified atom stereocenters. The minimum absolute atomic E-state index is 0.169. The largest absolute Gasteiger partial charge is 0.444 e. The molecule has 2 aliphatic rings. The summed E-state index contributed by atoms with van der Waals surface area (Å²) in [5.41, 5.74) is -0.411. The van der Waals surface area contributed by atoms with Gasteiger partial charge in [0.15, 0.2) is 0 Å². The van der Waals surface area contributed by atoms with E-state index in [1.54, 1.807) is 0 Å². The van der Waals surface area contributed by atoms with Crippen LogP contribution >= 0.6 is 0 Å². The molecule has 1 atom stereocenters. The molecule has 0 radical (unpaired) electrons. The Morgan fingerprint density at radius 3 is 2.29 bits per heavy atom. The van der Waals surface area contributed by atoms with Crippen molar-refractivity contribution in [1.82, 2.24) is 15.1 Å². The lowest BCUT2D eigenvalue weighted by Gasteiger charge is -2.39. The minimum Gasteiger partial charge on any atom is -0.444 e. The lowest BCUT2D eigenvalue weighted by molar-refractivity contribution is 0.0130. The number of nitrogens with one attached hydrogen (secondary N) is 1. The molecule has 0 bridgehead atoms. The molecule has 1 saturated carbocycles. The fraction of sp³-hybridized carbons (Fsp3) is 0.947. The van der Waals surface area contributed by atoms with Gasteiger partial charge in [-0.2, -0.15) is 0 Å². The maximum Gasteiger partial charge on any atom is 0.410 e. The van der Waals surface area contributed by atoms with Gasteiger partial charge in [0.1, 0.15) is 5.60 Å². The van der Waals surface area contributed by atoms with Crippen molar-refractivity contribution in [3.05, 3.63) is 0 Å². The summed E-state index contributed by atoms with van der Waals surface area (Å²) in [4.78, 5) is 16.5. The van der Waals surface area contributed by atoms with E-state index in [2.05, 4.69) is 17.1 Å². The van der Waals surface area contributed by atoms with Gasteiger partial charge in [-0.25, -0.2) is 4.79 Å². The Morgan fingerprint density at radius 2 is 1.75 bits per heavy atom. The third-order valence-electron chi connectivity index (χ3n) is 5.16. The molecule has 0 spiro atoms. The number of likely N-dealkylation sites (N-methyl/N-ethyl adjacent to an activating group) is 1. The Hall–Kier alpha value is -0.810. The van der Waals surface area contributed by atoms with Crippen molar-refractivity contribution in [2.75, 3.05) is 39.3 Å². The lowest BCUT2D eigenvalue weighted by atomic mass is 9.83. The first-order valence-corrected chi connectivity index (χ1v) is 9.82. The molecule has 1 saturated heterocycles. The summed E-state index contributed by atoms with van der Waals surface area (Å²) in [5, 5.41) is 3.72. The summed E-state index contributed by atoms with van der Waals surface area (Å²) < 4.78 is 5.48. The van der Waals surface area contributed by atoms with Gasteiger partial charge >= 0.3 is 6.09 Å². The summed E-state index contributed by atoms with van der Waals surface area (Å²) in [7, 11) is 0. The van der Waals surface area contributed by atoms with E-state index in [0.29, 0.717) is 6.04 Å². The first kappa shape index (κ1) is 19.5. The molecule has 1 aliphatic heterocycles. The molecule has 1 aliphatic carbocycles. The number of nitrogens with zero attached hydrogens (tertiary/aromatic N) is 2. The average molecular weight is 340 g/mol. The molecule has 0 aromatic heterocycles. The van der Waals surface area contributed by atoms with Crippen LogP contribution in [-0.4, -0.2) is 66.8 Å². The van der Waals surface area contributed by atoms with E-state index < -0.39 is 5.60 Å². The van der Waals surface area contributed by atoms with E-state index in [9.17, 15) is 4.79 Å². The van der Waals surface area contributed by atoms with Gasteiger partial charge < -0.3 is 15.0 Å². The van der Waals surface area contributed by atoms with Crippen LogP contribution in [0.4, 0.5) is 4.79 Å². The maximum atomic E-state index is 12.2. The Labute approximate surface area is 148 Å². The average Bonchev–Trinajstić information content (AvgIpc) is 2.54. The smallest absolute Gasteiger partial charge is 0.410 e. The number of rotatable bonds is 5. The highest BCUT2D eigenvalue weighted by Gasteiger charge is 2.29. The van der Waals surface area contributed by atoms with E-state index in [1.807, 2.05) is 25.7 Å². The van der Waals surface area contributed by atoms with Crippen LogP contribution in [0.15, 0.2) is 0 Å². The molecule has 24 heavy (non-hydrogen) atoms. The van der Waals surface area contributed by atoms with E-state index >= 15 is 0 Å². The normalized spacial score (nSPS) is 22.4. The molecule has 5 heteroatoms. The van der Waals surface area contributed by atoms with Gasteiger partial charge in [0.25, 0.3) is 0 Å². The quantitative estimate of drug-likeness (QED) is 0.836. The zero-order valence-corrected chi connectivity index (χ0v) is 16.1. The molecule has 1 heterocycles. The molecule has 0 aromatic rings. The Balaban J connectivity index is 1.79. The van der Waals surface area contributed by atoms with Crippen molar-refractivity contribution < 1.29 is 9.53 Å². The third kappa shape index (κ3) is 6.25.